The number of halogens is 1. The molecular formula is C16H22FNO3S. The molecule has 1 heterocycles. The minimum Gasteiger partial charge on any atom is -0.493 e. The molecule has 0 spiro atoms. The lowest BCUT2D eigenvalue weighted by Crippen LogP contribution is -2.41. The highest BCUT2D eigenvalue weighted by molar-refractivity contribution is 7.91. The van der Waals surface area contributed by atoms with Crippen molar-refractivity contribution in [1.82, 2.24) is 5.32 Å². The SMILES string of the molecule is CS(=O)(=O)C1CCCC(NC2CCOc3ccc(F)cc32)C1. The average Bonchev–Trinajstić information content (AvgIpc) is 2.47. The van der Waals surface area contributed by atoms with Crippen LogP contribution in [0.4, 0.5) is 4.39 Å². The number of sulfone groups is 1. The molecule has 0 amide bonds. The third kappa shape index (κ3) is 3.43. The summed E-state index contributed by atoms with van der Waals surface area (Å²) in [7, 11) is -2.99. The zero-order valence-corrected chi connectivity index (χ0v) is 13.5. The lowest BCUT2D eigenvalue weighted by Gasteiger charge is -2.34. The van der Waals surface area contributed by atoms with E-state index in [1.165, 1.54) is 18.4 Å². The fourth-order valence-electron chi connectivity index (χ4n) is 3.51. The molecule has 4 nitrogen and oxygen atoms in total. The van der Waals surface area contributed by atoms with Gasteiger partial charge in [-0.15, -0.1) is 0 Å². The Morgan fingerprint density at radius 3 is 2.86 bits per heavy atom. The van der Waals surface area contributed by atoms with Gasteiger partial charge in [-0.3, -0.25) is 0 Å². The Balaban J connectivity index is 1.73. The molecule has 2 aliphatic rings. The maximum Gasteiger partial charge on any atom is 0.150 e. The topological polar surface area (TPSA) is 55.4 Å². The Bertz CT molecular complexity index is 647. The van der Waals surface area contributed by atoms with E-state index in [-0.39, 0.29) is 23.2 Å². The van der Waals surface area contributed by atoms with E-state index in [4.69, 9.17) is 4.74 Å². The average molecular weight is 327 g/mol. The largest absolute Gasteiger partial charge is 0.493 e. The van der Waals surface area contributed by atoms with Gasteiger partial charge in [0.05, 0.1) is 11.9 Å². The van der Waals surface area contributed by atoms with Crippen molar-refractivity contribution in [3.8, 4) is 5.75 Å². The Morgan fingerprint density at radius 1 is 1.27 bits per heavy atom. The van der Waals surface area contributed by atoms with Crippen molar-refractivity contribution in [2.75, 3.05) is 12.9 Å². The van der Waals surface area contributed by atoms with E-state index in [2.05, 4.69) is 5.32 Å². The van der Waals surface area contributed by atoms with Gasteiger partial charge in [-0.05, 0) is 37.5 Å². The van der Waals surface area contributed by atoms with Crippen LogP contribution in [0.2, 0.25) is 0 Å². The predicted molar refractivity (Wildman–Crippen MR) is 83.3 cm³/mol. The minimum atomic E-state index is -2.99. The van der Waals surface area contributed by atoms with Gasteiger partial charge in [-0.1, -0.05) is 6.42 Å². The summed E-state index contributed by atoms with van der Waals surface area (Å²) in [6, 6.07) is 4.78. The molecule has 1 aliphatic carbocycles. The highest BCUT2D eigenvalue weighted by Crippen LogP contribution is 2.34. The molecule has 3 unspecified atom stereocenters. The van der Waals surface area contributed by atoms with E-state index in [9.17, 15) is 12.8 Å². The van der Waals surface area contributed by atoms with Crippen LogP contribution in [0.3, 0.4) is 0 Å². The summed E-state index contributed by atoms with van der Waals surface area (Å²) < 4.78 is 42.6. The number of hydrogen-bond donors (Lipinski definition) is 1. The Morgan fingerprint density at radius 2 is 2.09 bits per heavy atom. The van der Waals surface area contributed by atoms with Crippen molar-refractivity contribution in [2.45, 2.75) is 49.4 Å². The van der Waals surface area contributed by atoms with Crippen molar-refractivity contribution < 1.29 is 17.5 Å². The number of ether oxygens (including phenoxy) is 1. The fourth-order valence-corrected chi connectivity index (χ4v) is 4.68. The summed E-state index contributed by atoms with van der Waals surface area (Å²) in [5, 5.41) is 3.27. The van der Waals surface area contributed by atoms with Crippen LogP contribution in [0.5, 0.6) is 5.75 Å². The second-order valence-electron chi connectivity index (χ2n) is 6.35. The van der Waals surface area contributed by atoms with Crippen molar-refractivity contribution in [1.29, 1.82) is 0 Å². The van der Waals surface area contributed by atoms with Gasteiger partial charge in [-0.2, -0.15) is 0 Å². The number of benzene rings is 1. The molecule has 1 N–H and O–H groups in total. The second kappa shape index (κ2) is 6.16. The van der Waals surface area contributed by atoms with Crippen molar-refractivity contribution >= 4 is 9.84 Å². The number of nitrogens with one attached hydrogen (secondary N) is 1. The molecule has 0 bridgehead atoms. The van der Waals surface area contributed by atoms with Gasteiger partial charge in [0, 0.05) is 30.3 Å². The normalized spacial score (nSPS) is 28.7. The van der Waals surface area contributed by atoms with Crippen LogP contribution in [-0.2, 0) is 9.84 Å². The number of hydrogen-bond acceptors (Lipinski definition) is 4. The van der Waals surface area contributed by atoms with Crippen molar-refractivity contribution in [2.24, 2.45) is 0 Å². The van der Waals surface area contributed by atoms with Crippen LogP contribution in [0.25, 0.3) is 0 Å². The molecule has 1 aromatic rings. The first-order valence-electron chi connectivity index (χ1n) is 7.80. The number of fused-ring (bicyclic) bond motifs is 1. The van der Waals surface area contributed by atoms with Crippen LogP contribution in [0, 0.1) is 5.82 Å². The van der Waals surface area contributed by atoms with Gasteiger partial charge < -0.3 is 10.1 Å². The second-order valence-corrected chi connectivity index (χ2v) is 8.68. The fraction of sp³-hybridized carbons (Fsp3) is 0.625. The Hall–Kier alpha value is -1.14. The monoisotopic (exact) mass is 327 g/mol. The van der Waals surface area contributed by atoms with E-state index in [0.29, 0.717) is 13.0 Å². The lowest BCUT2D eigenvalue weighted by atomic mass is 9.92. The smallest absolute Gasteiger partial charge is 0.150 e. The van der Waals surface area contributed by atoms with Gasteiger partial charge >= 0.3 is 0 Å². The van der Waals surface area contributed by atoms with Gasteiger partial charge in [0.2, 0.25) is 0 Å². The van der Waals surface area contributed by atoms with Crippen LogP contribution in [0.15, 0.2) is 18.2 Å². The summed E-state index contributed by atoms with van der Waals surface area (Å²) in [5.41, 5.74) is 0.840. The molecule has 1 fully saturated rings. The van der Waals surface area contributed by atoms with E-state index >= 15 is 0 Å². The van der Waals surface area contributed by atoms with E-state index in [0.717, 1.165) is 37.0 Å². The Labute approximate surface area is 131 Å². The summed E-state index contributed by atoms with van der Waals surface area (Å²) in [5.74, 6) is 0.453. The van der Waals surface area contributed by atoms with Crippen LogP contribution < -0.4 is 10.1 Å². The van der Waals surface area contributed by atoms with E-state index in [1.807, 2.05) is 0 Å². The molecule has 1 saturated carbocycles. The summed E-state index contributed by atoms with van der Waals surface area (Å²) >= 11 is 0. The number of rotatable bonds is 3. The summed E-state index contributed by atoms with van der Waals surface area (Å²) in [6.45, 7) is 0.596. The summed E-state index contributed by atoms with van der Waals surface area (Å²) in [4.78, 5) is 0. The minimum absolute atomic E-state index is 0.0303. The highest BCUT2D eigenvalue weighted by atomic mass is 32.2. The maximum atomic E-state index is 13.5. The molecule has 3 atom stereocenters. The first kappa shape index (κ1) is 15.7. The molecule has 1 aliphatic heterocycles. The molecule has 122 valence electrons. The first-order valence-corrected chi connectivity index (χ1v) is 9.76. The van der Waals surface area contributed by atoms with Gasteiger partial charge in [0.1, 0.15) is 21.4 Å². The zero-order chi connectivity index (χ0) is 15.7. The van der Waals surface area contributed by atoms with Crippen LogP contribution in [-0.4, -0.2) is 32.6 Å². The molecule has 6 heteroatoms. The van der Waals surface area contributed by atoms with Crippen LogP contribution >= 0.6 is 0 Å². The van der Waals surface area contributed by atoms with Crippen molar-refractivity contribution in [3.05, 3.63) is 29.6 Å². The van der Waals surface area contributed by atoms with Gasteiger partial charge in [-0.25, -0.2) is 12.8 Å². The molecule has 1 aromatic carbocycles. The van der Waals surface area contributed by atoms with Crippen LogP contribution in [0.1, 0.15) is 43.7 Å². The lowest BCUT2D eigenvalue weighted by molar-refractivity contribution is 0.232. The molecule has 0 saturated heterocycles. The van der Waals surface area contributed by atoms with E-state index < -0.39 is 9.84 Å². The molecule has 3 rings (SSSR count). The van der Waals surface area contributed by atoms with Gasteiger partial charge in [0.15, 0.2) is 0 Å². The zero-order valence-electron chi connectivity index (χ0n) is 12.7. The molecule has 0 radical (unpaired) electrons. The van der Waals surface area contributed by atoms with E-state index in [1.54, 1.807) is 6.07 Å². The molecule has 22 heavy (non-hydrogen) atoms. The van der Waals surface area contributed by atoms with Crippen molar-refractivity contribution in [3.63, 3.8) is 0 Å². The maximum absolute atomic E-state index is 13.5. The predicted octanol–water partition coefficient (Wildman–Crippen LogP) is 2.59. The molecular weight excluding hydrogens is 305 g/mol. The standard InChI is InChI=1S/C16H22FNO3S/c1-22(19,20)13-4-2-3-12(10-13)18-15-7-8-21-16-6-5-11(17)9-14(15)16/h5-6,9,12-13,15,18H,2-4,7-8,10H2,1H3. The highest BCUT2D eigenvalue weighted by Gasteiger charge is 2.31. The first-order chi connectivity index (χ1) is 10.4. The quantitative estimate of drug-likeness (QED) is 0.927. The third-order valence-electron chi connectivity index (χ3n) is 4.68. The molecule has 0 aromatic heterocycles. The third-order valence-corrected chi connectivity index (χ3v) is 6.32. The Kier molecular flexibility index (Phi) is 4.41. The van der Waals surface area contributed by atoms with Gasteiger partial charge in [0.25, 0.3) is 0 Å². The summed E-state index contributed by atoms with van der Waals surface area (Å²) in [6.07, 6.45) is 5.36.